The Morgan fingerprint density at radius 1 is 1.53 bits per heavy atom. The van der Waals surface area contributed by atoms with Crippen molar-refractivity contribution in [2.24, 2.45) is 0 Å². The first-order valence-corrected chi connectivity index (χ1v) is 5.48. The molecule has 1 aromatic heterocycles. The van der Waals surface area contributed by atoms with E-state index in [1.54, 1.807) is 0 Å². The summed E-state index contributed by atoms with van der Waals surface area (Å²) < 4.78 is 2.08. The van der Waals surface area contributed by atoms with Crippen LogP contribution in [-0.2, 0) is 17.9 Å². The molecule has 1 aromatic carbocycles. The Morgan fingerprint density at radius 2 is 2.29 bits per heavy atom. The Labute approximate surface area is 100.0 Å². The number of hydrogen-bond acceptors (Lipinski definition) is 2. The van der Waals surface area contributed by atoms with E-state index in [0.717, 1.165) is 29.0 Å². The Bertz CT molecular complexity index is 557. The molecule has 88 valence electrons. The van der Waals surface area contributed by atoms with Crippen molar-refractivity contribution in [3.63, 3.8) is 0 Å². The van der Waals surface area contributed by atoms with Gasteiger partial charge >= 0.3 is 0 Å². The molecule has 0 unspecified atom stereocenters. The SMILES string of the molecule is C=C(C)Cn1c(CNC=O)nc2ccccc21. The summed E-state index contributed by atoms with van der Waals surface area (Å²) in [6, 6.07) is 7.93. The van der Waals surface area contributed by atoms with Crippen molar-refractivity contribution < 1.29 is 4.79 Å². The summed E-state index contributed by atoms with van der Waals surface area (Å²) in [6.07, 6.45) is 0.685. The zero-order valence-corrected chi connectivity index (χ0v) is 9.81. The topological polar surface area (TPSA) is 46.9 Å². The standard InChI is InChI=1S/C13H15N3O/c1-10(2)8-16-12-6-4-3-5-11(12)15-13(16)7-14-9-17/h3-6,9H,1,7-8H2,2H3,(H,14,17). The summed E-state index contributed by atoms with van der Waals surface area (Å²) >= 11 is 0. The van der Waals surface area contributed by atoms with Gasteiger partial charge in [-0.15, -0.1) is 0 Å². The van der Waals surface area contributed by atoms with Gasteiger partial charge in [-0.1, -0.05) is 24.3 Å². The second kappa shape index (κ2) is 4.82. The average molecular weight is 229 g/mol. The van der Waals surface area contributed by atoms with Gasteiger partial charge in [0.05, 0.1) is 17.6 Å². The van der Waals surface area contributed by atoms with E-state index in [2.05, 4.69) is 21.4 Å². The molecule has 2 aromatic rings. The predicted molar refractivity (Wildman–Crippen MR) is 67.5 cm³/mol. The summed E-state index contributed by atoms with van der Waals surface area (Å²) in [5.41, 5.74) is 3.06. The van der Waals surface area contributed by atoms with Crippen LogP contribution in [0.25, 0.3) is 11.0 Å². The minimum atomic E-state index is 0.436. The highest BCUT2D eigenvalue weighted by Crippen LogP contribution is 2.17. The van der Waals surface area contributed by atoms with Gasteiger partial charge in [-0.3, -0.25) is 4.79 Å². The number of imidazole rings is 1. The van der Waals surface area contributed by atoms with E-state index in [1.807, 2.05) is 31.2 Å². The van der Waals surface area contributed by atoms with E-state index in [1.165, 1.54) is 0 Å². The van der Waals surface area contributed by atoms with Gasteiger partial charge in [-0.05, 0) is 19.1 Å². The number of rotatable bonds is 5. The van der Waals surface area contributed by atoms with E-state index in [-0.39, 0.29) is 0 Å². The third-order valence-electron chi connectivity index (χ3n) is 2.51. The smallest absolute Gasteiger partial charge is 0.207 e. The Hall–Kier alpha value is -2.10. The maximum atomic E-state index is 10.4. The minimum absolute atomic E-state index is 0.436. The van der Waals surface area contributed by atoms with E-state index in [9.17, 15) is 4.79 Å². The summed E-state index contributed by atoms with van der Waals surface area (Å²) in [5, 5.41) is 2.65. The van der Waals surface area contributed by atoms with E-state index in [0.29, 0.717) is 13.0 Å². The van der Waals surface area contributed by atoms with Crippen LogP contribution < -0.4 is 5.32 Å². The lowest BCUT2D eigenvalue weighted by Gasteiger charge is -2.08. The van der Waals surface area contributed by atoms with Crippen LogP contribution in [0, 0.1) is 0 Å². The van der Waals surface area contributed by atoms with E-state index < -0.39 is 0 Å². The van der Waals surface area contributed by atoms with Crippen molar-refractivity contribution >= 4 is 17.4 Å². The van der Waals surface area contributed by atoms with Gasteiger partial charge in [0.2, 0.25) is 6.41 Å². The maximum Gasteiger partial charge on any atom is 0.207 e. The molecule has 1 heterocycles. The molecule has 0 bridgehead atoms. The number of amides is 1. The van der Waals surface area contributed by atoms with E-state index in [4.69, 9.17) is 0 Å². The van der Waals surface area contributed by atoms with Crippen molar-refractivity contribution in [1.29, 1.82) is 0 Å². The molecule has 0 aliphatic rings. The zero-order valence-electron chi connectivity index (χ0n) is 9.81. The molecule has 17 heavy (non-hydrogen) atoms. The largest absolute Gasteiger partial charge is 0.351 e. The molecule has 4 nitrogen and oxygen atoms in total. The Kier molecular flexibility index (Phi) is 3.23. The fraction of sp³-hybridized carbons (Fsp3) is 0.231. The normalized spacial score (nSPS) is 10.4. The predicted octanol–water partition coefficient (Wildman–Crippen LogP) is 1.86. The van der Waals surface area contributed by atoms with Gasteiger partial charge in [0.25, 0.3) is 0 Å². The second-order valence-electron chi connectivity index (χ2n) is 4.06. The third kappa shape index (κ3) is 2.36. The number of para-hydroxylation sites is 2. The number of benzene rings is 1. The van der Waals surface area contributed by atoms with Crippen molar-refractivity contribution in [3.8, 4) is 0 Å². The minimum Gasteiger partial charge on any atom is -0.351 e. The molecular weight excluding hydrogens is 214 g/mol. The molecule has 0 saturated heterocycles. The summed E-state index contributed by atoms with van der Waals surface area (Å²) in [7, 11) is 0. The van der Waals surface area contributed by atoms with Crippen LogP contribution in [0.2, 0.25) is 0 Å². The van der Waals surface area contributed by atoms with Crippen LogP contribution in [0.4, 0.5) is 0 Å². The number of nitrogens with one attached hydrogen (secondary N) is 1. The van der Waals surface area contributed by atoms with Gasteiger partial charge in [-0.25, -0.2) is 4.98 Å². The molecular formula is C13H15N3O. The summed E-state index contributed by atoms with van der Waals surface area (Å²) in [6.45, 7) is 7.05. The molecule has 1 amide bonds. The highest BCUT2D eigenvalue weighted by Gasteiger charge is 2.09. The fourth-order valence-corrected chi connectivity index (χ4v) is 1.84. The molecule has 0 fully saturated rings. The number of nitrogens with zero attached hydrogens (tertiary/aromatic N) is 2. The van der Waals surface area contributed by atoms with Gasteiger partial charge < -0.3 is 9.88 Å². The number of fused-ring (bicyclic) bond motifs is 1. The van der Waals surface area contributed by atoms with Gasteiger partial charge in [0.15, 0.2) is 0 Å². The maximum absolute atomic E-state index is 10.4. The molecule has 0 saturated carbocycles. The molecule has 1 N–H and O–H groups in total. The monoisotopic (exact) mass is 229 g/mol. The summed E-state index contributed by atoms with van der Waals surface area (Å²) in [4.78, 5) is 14.9. The molecule has 0 aliphatic carbocycles. The van der Waals surface area contributed by atoms with Crippen LogP contribution in [-0.4, -0.2) is 16.0 Å². The molecule has 0 spiro atoms. The van der Waals surface area contributed by atoms with Gasteiger partial charge in [-0.2, -0.15) is 0 Å². The van der Waals surface area contributed by atoms with Crippen molar-refractivity contribution in [3.05, 3.63) is 42.2 Å². The lowest BCUT2D eigenvalue weighted by molar-refractivity contribution is -0.109. The Balaban J connectivity index is 2.48. The number of carbonyl (C=O) groups is 1. The highest BCUT2D eigenvalue weighted by molar-refractivity contribution is 5.76. The molecule has 4 heteroatoms. The van der Waals surface area contributed by atoms with Gasteiger partial charge in [0, 0.05) is 6.54 Å². The quantitative estimate of drug-likeness (QED) is 0.628. The first-order chi connectivity index (χ1) is 8.22. The van der Waals surface area contributed by atoms with Crippen molar-refractivity contribution in [1.82, 2.24) is 14.9 Å². The third-order valence-corrected chi connectivity index (χ3v) is 2.51. The first kappa shape index (κ1) is 11.4. The lowest BCUT2D eigenvalue weighted by atomic mass is 10.3. The fourth-order valence-electron chi connectivity index (χ4n) is 1.84. The Morgan fingerprint density at radius 3 is 3.00 bits per heavy atom. The first-order valence-electron chi connectivity index (χ1n) is 5.48. The highest BCUT2D eigenvalue weighted by atomic mass is 16.1. The van der Waals surface area contributed by atoms with Crippen molar-refractivity contribution in [2.75, 3.05) is 0 Å². The second-order valence-corrected chi connectivity index (χ2v) is 4.06. The van der Waals surface area contributed by atoms with Crippen LogP contribution in [0.1, 0.15) is 12.7 Å². The molecule has 0 radical (unpaired) electrons. The number of carbonyl (C=O) groups excluding carboxylic acids is 1. The van der Waals surface area contributed by atoms with Crippen LogP contribution in [0.15, 0.2) is 36.4 Å². The average Bonchev–Trinajstić information content (AvgIpc) is 2.64. The lowest BCUT2D eigenvalue weighted by Crippen LogP contribution is -2.15. The summed E-state index contributed by atoms with van der Waals surface area (Å²) in [5.74, 6) is 0.848. The molecule has 0 aliphatic heterocycles. The zero-order chi connectivity index (χ0) is 12.3. The molecule has 0 atom stereocenters. The van der Waals surface area contributed by atoms with Gasteiger partial charge in [0.1, 0.15) is 5.82 Å². The van der Waals surface area contributed by atoms with Crippen LogP contribution >= 0.6 is 0 Å². The van der Waals surface area contributed by atoms with Crippen molar-refractivity contribution in [2.45, 2.75) is 20.0 Å². The number of allylic oxidation sites excluding steroid dienone is 1. The van der Waals surface area contributed by atoms with Crippen LogP contribution in [0.5, 0.6) is 0 Å². The van der Waals surface area contributed by atoms with Crippen LogP contribution in [0.3, 0.4) is 0 Å². The number of hydrogen-bond donors (Lipinski definition) is 1. The number of aromatic nitrogens is 2. The molecule has 2 rings (SSSR count). The van der Waals surface area contributed by atoms with E-state index >= 15 is 0 Å².